The maximum atomic E-state index is 12.6. The Morgan fingerprint density at radius 3 is 2.67 bits per heavy atom. The van der Waals surface area contributed by atoms with E-state index in [4.69, 9.17) is 0 Å². The van der Waals surface area contributed by atoms with E-state index in [1.165, 1.54) is 6.08 Å². The number of amides is 1. The van der Waals surface area contributed by atoms with Crippen LogP contribution in [0.2, 0.25) is 0 Å². The van der Waals surface area contributed by atoms with E-state index in [-0.39, 0.29) is 11.7 Å². The first kappa shape index (κ1) is 17.7. The van der Waals surface area contributed by atoms with Gasteiger partial charge in [0, 0.05) is 42.0 Å². The number of sulfone groups is 1. The second-order valence-corrected chi connectivity index (χ2v) is 8.67. The lowest BCUT2D eigenvalue weighted by atomic mass is 10.1. The second kappa shape index (κ2) is 7.11. The van der Waals surface area contributed by atoms with Crippen LogP contribution in [0, 0.1) is 0 Å². The fraction of sp³-hybridized carbons (Fsp3) is 0.316. The lowest BCUT2D eigenvalue weighted by Crippen LogP contribution is -2.35. The van der Waals surface area contributed by atoms with Crippen LogP contribution in [-0.4, -0.2) is 49.2 Å². The molecule has 0 bridgehead atoms. The molecular formula is C19H20N4O3S. The molecule has 1 unspecified atom stereocenters. The Bertz CT molecular complexity index is 998. The van der Waals surface area contributed by atoms with Crippen LogP contribution in [-0.2, 0) is 9.84 Å². The van der Waals surface area contributed by atoms with Crippen LogP contribution in [0.3, 0.4) is 0 Å². The van der Waals surface area contributed by atoms with Crippen molar-refractivity contribution in [1.29, 1.82) is 0 Å². The molecule has 2 aliphatic heterocycles. The molecule has 140 valence electrons. The van der Waals surface area contributed by atoms with Crippen LogP contribution in [0.4, 0.5) is 5.82 Å². The van der Waals surface area contributed by atoms with Crippen LogP contribution >= 0.6 is 0 Å². The van der Waals surface area contributed by atoms with Crippen molar-refractivity contribution in [2.45, 2.75) is 18.9 Å². The van der Waals surface area contributed by atoms with E-state index in [9.17, 15) is 13.2 Å². The molecule has 1 fully saturated rings. The van der Waals surface area contributed by atoms with Crippen molar-refractivity contribution in [2.24, 2.45) is 0 Å². The predicted octanol–water partition coefficient (Wildman–Crippen LogP) is 1.78. The Hall–Kier alpha value is -2.74. The molecule has 0 saturated carbocycles. The highest BCUT2D eigenvalue weighted by Gasteiger charge is 2.24. The third kappa shape index (κ3) is 3.85. The van der Waals surface area contributed by atoms with Gasteiger partial charge < -0.3 is 10.2 Å². The summed E-state index contributed by atoms with van der Waals surface area (Å²) in [6.45, 7) is 1.91. The molecule has 1 aromatic carbocycles. The van der Waals surface area contributed by atoms with E-state index in [2.05, 4.69) is 20.2 Å². The number of benzene rings is 1. The highest BCUT2D eigenvalue weighted by atomic mass is 32.2. The summed E-state index contributed by atoms with van der Waals surface area (Å²) >= 11 is 0. The van der Waals surface area contributed by atoms with Crippen LogP contribution in [0.5, 0.6) is 0 Å². The number of rotatable bonds is 4. The number of nitrogens with zero attached hydrogens (tertiary/aromatic N) is 3. The van der Waals surface area contributed by atoms with E-state index in [1.807, 2.05) is 6.07 Å². The van der Waals surface area contributed by atoms with Gasteiger partial charge in [-0.2, -0.15) is 0 Å². The zero-order valence-corrected chi connectivity index (χ0v) is 15.5. The minimum absolute atomic E-state index is 0.0955. The zero-order valence-electron chi connectivity index (χ0n) is 14.7. The maximum Gasteiger partial charge on any atom is 0.251 e. The summed E-state index contributed by atoms with van der Waals surface area (Å²) in [5, 5.41) is 3.90. The van der Waals surface area contributed by atoms with Gasteiger partial charge in [0.2, 0.25) is 0 Å². The van der Waals surface area contributed by atoms with Gasteiger partial charge in [-0.25, -0.2) is 13.4 Å². The van der Waals surface area contributed by atoms with Gasteiger partial charge in [-0.3, -0.25) is 9.78 Å². The lowest BCUT2D eigenvalue weighted by molar-refractivity contribution is 0.0947. The summed E-state index contributed by atoms with van der Waals surface area (Å²) < 4.78 is 23.0. The standard InChI is InChI=1S/C19H20N4O3S/c24-19(22-16-6-11-27(25,26)13-16)15-5-3-4-14(12-15)17-18(21-8-7-20-17)23-9-1-2-10-23/h3-8,11-12,16H,1-2,9-10,13H2,(H,22,24). The normalized spacial score (nSPS) is 20.7. The molecule has 2 aliphatic rings. The summed E-state index contributed by atoms with van der Waals surface area (Å²) in [7, 11) is -3.21. The summed E-state index contributed by atoms with van der Waals surface area (Å²) in [6, 6.07) is 6.68. The summed E-state index contributed by atoms with van der Waals surface area (Å²) in [5.41, 5.74) is 2.02. The minimum Gasteiger partial charge on any atom is -0.355 e. The van der Waals surface area contributed by atoms with Crippen molar-refractivity contribution in [3.8, 4) is 11.3 Å². The fourth-order valence-corrected chi connectivity index (χ4v) is 4.66. The number of nitrogens with one attached hydrogen (secondary N) is 1. The third-order valence-corrected chi connectivity index (χ3v) is 6.12. The van der Waals surface area contributed by atoms with Gasteiger partial charge in [0.1, 0.15) is 5.69 Å². The van der Waals surface area contributed by atoms with Crippen LogP contribution in [0.15, 0.2) is 48.1 Å². The Morgan fingerprint density at radius 2 is 1.93 bits per heavy atom. The van der Waals surface area contributed by atoms with Gasteiger partial charge in [-0.05, 0) is 31.1 Å². The quantitative estimate of drug-likeness (QED) is 0.864. The number of carbonyl (C=O) groups excluding carboxylic acids is 1. The number of hydrogen-bond acceptors (Lipinski definition) is 6. The molecule has 1 aromatic heterocycles. The lowest BCUT2D eigenvalue weighted by Gasteiger charge is -2.19. The van der Waals surface area contributed by atoms with Crippen molar-refractivity contribution in [2.75, 3.05) is 23.7 Å². The topological polar surface area (TPSA) is 92.3 Å². The predicted molar refractivity (Wildman–Crippen MR) is 103 cm³/mol. The Morgan fingerprint density at radius 1 is 1.15 bits per heavy atom. The number of hydrogen-bond donors (Lipinski definition) is 1. The van der Waals surface area contributed by atoms with Crippen LogP contribution in [0.1, 0.15) is 23.2 Å². The Balaban J connectivity index is 1.58. The Labute approximate surface area is 158 Å². The van der Waals surface area contributed by atoms with Gasteiger partial charge in [0.05, 0.1) is 11.8 Å². The first-order chi connectivity index (χ1) is 13.0. The molecule has 8 heteroatoms. The maximum absolute atomic E-state index is 12.6. The van der Waals surface area contributed by atoms with Gasteiger partial charge in [0.25, 0.3) is 5.91 Å². The molecule has 1 atom stereocenters. The second-order valence-electron chi connectivity index (χ2n) is 6.74. The largest absolute Gasteiger partial charge is 0.355 e. The molecule has 27 heavy (non-hydrogen) atoms. The van der Waals surface area contributed by atoms with E-state index in [0.29, 0.717) is 5.56 Å². The van der Waals surface area contributed by atoms with E-state index in [1.54, 1.807) is 30.6 Å². The van der Waals surface area contributed by atoms with Crippen LogP contribution < -0.4 is 10.2 Å². The molecule has 3 heterocycles. The number of aromatic nitrogens is 2. The molecule has 0 spiro atoms. The van der Waals surface area contributed by atoms with Crippen molar-refractivity contribution in [3.63, 3.8) is 0 Å². The van der Waals surface area contributed by atoms with Crippen molar-refractivity contribution in [3.05, 3.63) is 53.7 Å². The summed E-state index contributed by atoms with van der Waals surface area (Å²) in [6.07, 6.45) is 7.11. The zero-order chi connectivity index (χ0) is 18.9. The smallest absolute Gasteiger partial charge is 0.251 e. The first-order valence-corrected chi connectivity index (χ1v) is 10.6. The highest BCUT2D eigenvalue weighted by molar-refractivity contribution is 7.94. The molecule has 4 rings (SSSR count). The number of carbonyl (C=O) groups is 1. The van der Waals surface area contributed by atoms with E-state index < -0.39 is 15.9 Å². The van der Waals surface area contributed by atoms with Gasteiger partial charge in [0.15, 0.2) is 15.7 Å². The SMILES string of the molecule is O=C(NC1C=CS(=O)(=O)C1)c1cccc(-c2nccnc2N2CCCC2)c1. The average Bonchev–Trinajstić information content (AvgIpc) is 3.31. The molecule has 0 radical (unpaired) electrons. The molecule has 1 amide bonds. The summed E-state index contributed by atoms with van der Waals surface area (Å²) in [4.78, 5) is 23.7. The molecule has 0 aliphatic carbocycles. The number of anilines is 1. The van der Waals surface area contributed by atoms with E-state index >= 15 is 0 Å². The van der Waals surface area contributed by atoms with Crippen LogP contribution in [0.25, 0.3) is 11.3 Å². The molecule has 1 saturated heterocycles. The first-order valence-electron chi connectivity index (χ1n) is 8.90. The third-order valence-electron chi connectivity index (χ3n) is 4.73. The molecule has 7 nitrogen and oxygen atoms in total. The monoisotopic (exact) mass is 384 g/mol. The molecule has 2 aromatic rings. The highest BCUT2D eigenvalue weighted by Crippen LogP contribution is 2.29. The van der Waals surface area contributed by atoms with Crippen molar-refractivity contribution >= 4 is 21.6 Å². The molecular weight excluding hydrogens is 364 g/mol. The average molecular weight is 384 g/mol. The van der Waals surface area contributed by atoms with E-state index in [0.717, 1.165) is 48.4 Å². The minimum atomic E-state index is -3.21. The van der Waals surface area contributed by atoms with Gasteiger partial charge in [-0.1, -0.05) is 12.1 Å². The van der Waals surface area contributed by atoms with Gasteiger partial charge >= 0.3 is 0 Å². The van der Waals surface area contributed by atoms with Crippen molar-refractivity contribution in [1.82, 2.24) is 15.3 Å². The summed E-state index contributed by atoms with van der Waals surface area (Å²) in [5.74, 6) is 0.425. The van der Waals surface area contributed by atoms with Crippen molar-refractivity contribution < 1.29 is 13.2 Å². The molecule has 1 N–H and O–H groups in total. The van der Waals surface area contributed by atoms with Gasteiger partial charge in [-0.15, -0.1) is 0 Å². The Kier molecular flexibility index (Phi) is 4.65. The fourth-order valence-electron chi connectivity index (χ4n) is 3.42.